The van der Waals surface area contributed by atoms with Crippen LogP contribution in [0, 0.1) is 20.8 Å². The molecule has 29 heavy (non-hydrogen) atoms. The summed E-state index contributed by atoms with van der Waals surface area (Å²) in [6.45, 7) is 7.99. The lowest BCUT2D eigenvalue weighted by atomic mass is 10.1. The fourth-order valence-electron chi connectivity index (χ4n) is 2.80. The quantitative estimate of drug-likeness (QED) is 0.543. The molecular formula is C21H23NO6S. The first-order chi connectivity index (χ1) is 13.6. The van der Waals surface area contributed by atoms with Crippen LogP contribution in [-0.2, 0) is 14.3 Å². The summed E-state index contributed by atoms with van der Waals surface area (Å²) in [6, 6.07) is 5.28. The number of ketones is 1. The molecule has 8 heteroatoms. The largest absolute Gasteiger partial charge is 0.462 e. The summed E-state index contributed by atoms with van der Waals surface area (Å²) < 4.78 is 10.1. The Morgan fingerprint density at radius 3 is 2.31 bits per heavy atom. The maximum absolute atomic E-state index is 12.3. The summed E-state index contributed by atoms with van der Waals surface area (Å²) >= 11 is 0.989. The molecule has 2 rings (SSSR count). The van der Waals surface area contributed by atoms with Gasteiger partial charge in [-0.15, -0.1) is 11.3 Å². The van der Waals surface area contributed by atoms with E-state index in [1.807, 2.05) is 13.0 Å². The Labute approximate surface area is 173 Å². The van der Waals surface area contributed by atoms with E-state index in [1.54, 1.807) is 32.9 Å². The number of ether oxygens (including phenoxy) is 2. The van der Waals surface area contributed by atoms with E-state index in [1.165, 1.54) is 6.92 Å². The van der Waals surface area contributed by atoms with E-state index in [4.69, 9.17) is 9.47 Å². The lowest BCUT2D eigenvalue weighted by molar-refractivity contribution is -0.119. The summed E-state index contributed by atoms with van der Waals surface area (Å²) in [4.78, 5) is 48.9. The Hall–Kier alpha value is -3.00. The highest BCUT2D eigenvalue weighted by Gasteiger charge is 2.25. The number of nitrogens with one attached hydrogen (secondary N) is 1. The molecule has 2 aromatic rings. The summed E-state index contributed by atoms with van der Waals surface area (Å²) in [5.74, 6) is -2.09. The lowest BCUT2D eigenvalue weighted by Gasteiger charge is -2.09. The van der Waals surface area contributed by atoms with Gasteiger partial charge >= 0.3 is 11.9 Å². The first-order valence-electron chi connectivity index (χ1n) is 9.01. The van der Waals surface area contributed by atoms with Crippen LogP contribution < -0.4 is 5.32 Å². The summed E-state index contributed by atoms with van der Waals surface area (Å²) in [7, 11) is 0. The zero-order chi connectivity index (χ0) is 21.7. The van der Waals surface area contributed by atoms with Gasteiger partial charge in [-0.1, -0.05) is 17.7 Å². The topological polar surface area (TPSA) is 98.8 Å². The predicted octanol–water partition coefficient (Wildman–Crippen LogP) is 3.85. The maximum Gasteiger partial charge on any atom is 0.341 e. The number of esters is 2. The number of benzene rings is 1. The van der Waals surface area contributed by atoms with Gasteiger partial charge in [0, 0.05) is 0 Å². The number of Topliss-reactive ketones (excluding diaryl/α,β-unsaturated/α-hetero) is 1. The van der Waals surface area contributed by atoms with Crippen molar-refractivity contribution in [1.29, 1.82) is 0 Å². The van der Waals surface area contributed by atoms with Gasteiger partial charge in [-0.25, -0.2) is 9.59 Å². The third kappa shape index (κ3) is 5.29. The highest BCUT2D eigenvalue weighted by molar-refractivity contribution is 7.18. The zero-order valence-corrected chi connectivity index (χ0v) is 17.8. The van der Waals surface area contributed by atoms with Gasteiger partial charge in [0.2, 0.25) is 0 Å². The molecular weight excluding hydrogens is 394 g/mol. The van der Waals surface area contributed by atoms with Crippen LogP contribution in [0.3, 0.4) is 0 Å². The molecule has 0 spiro atoms. The average Bonchev–Trinajstić information content (AvgIpc) is 2.96. The van der Waals surface area contributed by atoms with Crippen molar-refractivity contribution in [2.75, 3.05) is 18.5 Å². The van der Waals surface area contributed by atoms with Crippen molar-refractivity contribution < 1.29 is 28.7 Å². The first kappa shape index (κ1) is 22.3. The molecule has 0 fully saturated rings. The van der Waals surface area contributed by atoms with Crippen LogP contribution in [0.2, 0.25) is 0 Å². The van der Waals surface area contributed by atoms with E-state index in [0.29, 0.717) is 16.0 Å². The Morgan fingerprint density at radius 1 is 1.03 bits per heavy atom. The third-order valence-electron chi connectivity index (χ3n) is 4.14. The molecule has 0 aliphatic carbocycles. The van der Waals surface area contributed by atoms with E-state index in [-0.39, 0.29) is 23.0 Å². The minimum atomic E-state index is -0.628. The van der Waals surface area contributed by atoms with Crippen molar-refractivity contribution >= 4 is 40.0 Å². The average molecular weight is 417 g/mol. The molecule has 1 aromatic carbocycles. The highest BCUT2D eigenvalue weighted by Crippen LogP contribution is 2.34. The number of carbonyl (C=O) groups is 4. The minimum Gasteiger partial charge on any atom is -0.462 e. The third-order valence-corrected chi connectivity index (χ3v) is 5.44. The number of thiophene rings is 1. The molecule has 7 nitrogen and oxygen atoms in total. The van der Waals surface area contributed by atoms with Crippen LogP contribution in [0.25, 0.3) is 0 Å². The fraction of sp³-hybridized carbons (Fsp3) is 0.333. The number of hydrogen-bond donors (Lipinski definition) is 1. The van der Waals surface area contributed by atoms with Gasteiger partial charge in [0.25, 0.3) is 5.91 Å². The molecule has 0 aliphatic rings. The molecule has 1 heterocycles. The molecule has 154 valence electrons. The van der Waals surface area contributed by atoms with Crippen molar-refractivity contribution in [2.45, 2.75) is 34.6 Å². The van der Waals surface area contributed by atoms with Gasteiger partial charge < -0.3 is 14.8 Å². The number of carbonyl (C=O) groups excluding carboxylic acids is 4. The molecule has 1 amide bonds. The van der Waals surface area contributed by atoms with E-state index >= 15 is 0 Å². The van der Waals surface area contributed by atoms with Gasteiger partial charge in [-0.3, -0.25) is 9.59 Å². The normalized spacial score (nSPS) is 10.4. The van der Waals surface area contributed by atoms with E-state index in [2.05, 4.69) is 5.32 Å². The number of rotatable bonds is 7. The van der Waals surface area contributed by atoms with Gasteiger partial charge in [-0.2, -0.15) is 0 Å². The smallest absolute Gasteiger partial charge is 0.341 e. The SMILES string of the molecule is CCOC(=O)c1c(NC(=O)COC(=O)c2ccc(C)cc2C)sc(C(C)=O)c1C. The number of anilines is 1. The van der Waals surface area contributed by atoms with Crippen molar-refractivity contribution in [3.05, 3.63) is 50.9 Å². The van der Waals surface area contributed by atoms with Gasteiger partial charge in [0.1, 0.15) is 5.00 Å². The fourth-order valence-corrected chi connectivity index (χ4v) is 3.91. The molecule has 1 N–H and O–H groups in total. The van der Waals surface area contributed by atoms with Gasteiger partial charge in [-0.05, 0) is 51.8 Å². The monoisotopic (exact) mass is 417 g/mol. The van der Waals surface area contributed by atoms with Crippen molar-refractivity contribution in [1.82, 2.24) is 0 Å². The van der Waals surface area contributed by atoms with Gasteiger partial charge in [0.05, 0.1) is 22.6 Å². The molecule has 0 atom stereocenters. The van der Waals surface area contributed by atoms with Crippen LogP contribution in [0.4, 0.5) is 5.00 Å². The summed E-state index contributed by atoms with van der Waals surface area (Å²) in [5.41, 5.74) is 2.72. The van der Waals surface area contributed by atoms with Gasteiger partial charge in [0.15, 0.2) is 12.4 Å². The van der Waals surface area contributed by atoms with Crippen molar-refractivity contribution in [3.63, 3.8) is 0 Å². The Balaban J connectivity index is 2.13. The molecule has 0 saturated heterocycles. The number of hydrogen-bond acceptors (Lipinski definition) is 7. The van der Waals surface area contributed by atoms with E-state index in [0.717, 1.165) is 22.5 Å². The van der Waals surface area contributed by atoms with E-state index < -0.39 is 24.5 Å². The van der Waals surface area contributed by atoms with Crippen LogP contribution in [0.1, 0.15) is 60.9 Å². The number of amides is 1. The van der Waals surface area contributed by atoms with Crippen LogP contribution in [0.5, 0.6) is 0 Å². The predicted molar refractivity (Wildman–Crippen MR) is 110 cm³/mol. The van der Waals surface area contributed by atoms with E-state index in [9.17, 15) is 19.2 Å². The number of aryl methyl sites for hydroxylation is 2. The van der Waals surface area contributed by atoms with Crippen LogP contribution >= 0.6 is 11.3 Å². The standard InChI is InChI=1S/C21H23NO6S/c1-6-27-21(26)17-13(4)18(14(5)23)29-19(17)22-16(24)10-28-20(25)15-8-7-11(2)9-12(15)3/h7-9H,6,10H2,1-5H3,(H,22,24). The zero-order valence-electron chi connectivity index (χ0n) is 17.0. The Kier molecular flexibility index (Phi) is 7.28. The minimum absolute atomic E-state index is 0.135. The second kappa shape index (κ2) is 9.47. The second-order valence-electron chi connectivity index (χ2n) is 6.48. The van der Waals surface area contributed by atoms with Crippen LogP contribution in [0.15, 0.2) is 18.2 Å². The Bertz CT molecular complexity index is 976. The van der Waals surface area contributed by atoms with Crippen molar-refractivity contribution in [3.8, 4) is 0 Å². The second-order valence-corrected chi connectivity index (χ2v) is 7.50. The molecule has 0 bridgehead atoms. The Morgan fingerprint density at radius 2 is 1.72 bits per heavy atom. The molecule has 0 aliphatic heterocycles. The molecule has 0 unspecified atom stereocenters. The van der Waals surface area contributed by atoms with Crippen molar-refractivity contribution in [2.24, 2.45) is 0 Å². The lowest BCUT2D eigenvalue weighted by Crippen LogP contribution is -2.22. The molecule has 0 radical (unpaired) electrons. The van der Waals surface area contributed by atoms with Crippen LogP contribution in [-0.4, -0.2) is 36.8 Å². The summed E-state index contributed by atoms with van der Waals surface area (Å²) in [6.07, 6.45) is 0. The molecule has 0 saturated carbocycles. The highest BCUT2D eigenvalue weighted by atomic mass is 32.1. The summed E-state index contributed by atoms with van der Waals surface area (Å²) in [5, 5.41) is 2.74. The first-order valence-corrected chi connectivity index (χ1v) is 9.83. The molecule has 1 aromatic heterocycles. The maximum atomic E-state index is 12.3.